The van der Waals surface area contributed by atoms with Crippen molar-refractivity contribution in [3.63, 3.8) is 0 Å². The topological polar surface area (TPSA) is 95.5 Å². The predicted octanol–water partition coefficient (Wildman–Crippen LogP) is 3.18. The number of ether oxygens (including phenoxy) is 1. The van der Waals surface area contributed by atoms with Crippen LogP contribution in [0, 0.1) is 23.2 Å². The summed E-state index contributed by atoms with van der Waals surface area (Å²) >= 11 is 1.43. The molecule has 160 valence electrons. The van der Waals surface area contributed by atoms with Crippen molar-refractivity contribution in [3.05, 3.63) is 16.0 Å². The van der Waals surface area contributed by atoms with Gasteiger partial charge in [0.2, 0.25) is 5.91 Å². The first-order chi connectivity index (χ1) is 13.6. The fourth-order valence-corrected chi connectivity index (χ4v) is 5.98. The molecule has 6 nitrogen and oxygen atoms in total. The van der Waals surface area contributed by atoms with Gasteiger partial charge in [-0.2, -0.15) is 0 Å². The van der Waals surface area contributed by atoms with Gasteiger partial charge in [0.1, 0.15) is 5.00 Å². The van der Waals surface area contributed by atoms with Crippen LogP contribution in [-0.2, 0) is 27.2 Å². The van der Waals surface area contributed by atoms with Gasteiger partial charge in [0, 0.05) is 22.7 Å². The summed E-state index contributed by atoms with van der Waals surface area (Å²) in [5.74, 6) is -2.85. The predicted molar refractivity (Wildman–Crippen MR) is 110 cm³/mol. The minimum Gasteiger partial charge on any atom is -0.550 e. The molecule has 1 amide bonds. The zero-order valence-corrected chi connectivity index (χ0v) is 18.4. The van der Waals surface area contributed by atoms with E-state index in [-0.39, 0.29) is 11.3 Å². The molecule has 0 unspecified atom stereocenters. The van der Waals surface area contributed by atoms with Gasteiger partial charge >= 0.3 is 5.97 Å². The zero-order chi connectivity index (χ0) is 21.3. The second kappa shape index (κ2) is 8.46. The summed E-state index contributed by atoms with van der Waals surface area (Å²) in [4.78, 5) is 38.0. The summed E-state index contributed by atoms with van der Waals surface area (Å²) in [5, 5.41) is 14.8. The maximum atomic E-state index is 12.9. The highest BCUT2D eigenvalue weighted by atomic mass is 32.1. The molecule has 0 spiro atoms. The van der Waals surface area contributed by atoms with E-state index < -0.39 is 23.8 Å². The van der Waals surface area contributed by atoms with Crippen LogP contribution in [-0.4, -0.2) is 25.0 Å². The van der Waals surface area contributed by atoms with Crippen molar-refractivity contribution in [1.82, 2.24) is 0 Å². The van der Waals surface area contributed by atoms with E-state index in [0.29, 0.717) is 29.3 Å². The SMILES string of the molecule is COC(=O)c1c(NC(=O)[C@@H]2CCCC[C@H]2C(=O)[O-])sc2c1CC[C@H](C(C)(C)C)C2. The minimum atomic E-state index is -1.17. The molecule has 7 heteroatoms. The third-order valence-electron chi connectivity index (χ3n) is 6.52. The molecule has 0 bridgehead atoms. The molecule has 1 aromatic rings. The number of amides is 1. The lowest BCUT2D eigenvalue weighted by atomic mass is 9.72. The summed E-state index contributed by atoms with van der Waals surface area (Å²) in [6.07, 6.45) is 5.22. The first-order valence-corrected chi connectivity index (χ1v) is 11.2. The average Bonchev–Trinajstić information content (AvgIpc) is 3.03. The van der Waals surface area contributed by atoms with Crippen LogP contribution in [0.5, 0.6) is 0 Å². The van der Waals surface area contributed by atoms with Gasteiger partial charge in [0.25, 0.3) is 0 Å². The van der Waals surface area contributed by atoms with Gasteiger partial charge in [0.05, 0.1) is 12.7 Å². The summed E-state index contributed by atoms with van der Waals surface area (Å²) in [5.41, 5.74) is 1.58. The quantitative estimate of drug-likeness (QED) is 0.755. The number of thiophene rings is 1. The molecule has 2 aliphatic rings. The third-order valence-corrected chi connectivity index (χ3v) is 7.69. The molecular formula is C22H30NO5S-. The normalized spacial score (nSPS) is 24.5. The van der Waals surface area contributed by atoms with Gasteiger partial charge in [-0.15, -0.1) is 11.3 Å². The Morgan fingerprint density at radius 2 is 1.76 bits per heavy atom. The van der Waals surface area contributed by atoms with E-state index in [1.54, 1.807) is 0 Å². The number of carbonyl (C=O) groups is 3. The molecule has 3 atom stereocenters. The highest BCUT2D eigenvalue weighted by Crippen LogP contribution is 2.45. The van der Waals surface area contributed by atoms with E-state index >= 15 is 0 Å². The number of methoxy groups -OCH3 is 1. The average molecular weight is 421 g/mol. The van der Waals surface area contributed by atoms with Gasteiger partial charge in [-0.05, 0) is 49.0 Å². The molecule has 1 aromatic heterocycles. The molecule has 1 saturated carbocycles. The van der Waals surface area contributed by atoms with E-state index in [4.69, 9.17) is 4.74 Å². The van der Waals surface area contributed by atoms with E-state index in [9.17, 15) is 19.5 Å². The van der Waals surface area contributed by atoms with Gasteiger partial charge in [-0.25, -0.2) is 4.79 Å². The Balaban J connectivity index is 1.89. The van der Waals surface area contributed by atoms with E-state index in [1.165, 1.54) is 18.4 Å². The van der Waals surface area contributed by atoms with Gasteiger partial charge in [0.15, 0.2) is 0 Å². The Kier molecular flexibility index (Phi) is 6.36. The number of esters is 1. The largest absolute Gasteiger partial charge is 0.550 e. The van der Waals surface area contributed by atoms with Crippen molar-refractivity contribution in [1.29, 1.82) is 0 Å². The smallest absolute Gasteiger partial charge is 0.341 e. The van der Waals surface area contributed by atoms with Gasteiger partial charge < -0.3 is 20.0 Å². The standard InChI is InChI=1S/C22H31NO5S/c1-22(2,3)12-9-10-15-16(11-12)29-19(17(15)21(27)28-4)23-18(24)13-7-5-6-8-14(13)20(25)26/h12-14H,5-11H2,1-4H3,(H,23,24)(H,25,26)/p-1/t12-,13+,14+/m0/s1. The molecule has 3 rings (SSSR count). The van der Waals surface area contributed by atoms with Gasteiger partial charge in [-0.3, -0.25) is 4.79 Å². The molecule has 1 heterocycles. The van der Waals surface area contributed by atoms with Crippen molar-refractivity contribution < 1.29 is 24.2 Å². The molecule has 2 aliphatic carbocycles. The molecule has 0 aliphatic heterocycles. The molecule has 1 fully saturated rings. The highest BCUT2D eigenvalue weighted by Gasteiger charge is 2.36. The number of rotatable bonds is 4. The fraction of sp³-hybridized carbons (Fsp3) is 0.682. The van der Waals surface area contributed by atoms with E-state index in [1.807, 2.05) is 0 Å². The Bertz CT molecular complexity index is 807. The van der Waals surface area contributed by atoms with Crippen LogP contribution < -0.4 is 10.4 Å². The lowest BCUT2D eigenvalue weighted by Gasteiger charge is -2.33. The van der Waals surface area contributed by atoms with Crippen molar-refractivity contribution >= 4 is 34.2 Å². The Morgan fingerprint density at radius 3 is 2.34 bits per heavy atom. The van der Waals surface area contributed by atoms with Crippen LogP contribution in [0.1, 0.15) is 73.7 Å². The molecule has 0 saturated heterocycles. The van der Waals surface area contributed by atoms with Crippen LogP contribution in [0.4, 0.5) is 5.00 Å². The number of fused-ring (bicyclic) bond motifs is 1. The van der Waals surface area contributed by atoms with E-state index in [0.717, 1.165) is 42.5 Å². The summed E-state index contributed by atoms with van der Waals surface area (Å²) in [6.45, 7) is 6.68. The zero-order valence-electron chi connectivity index (χ0n) is 17.6. The van der Waals surface area contributed by atoms with Crippen LogP contribution in [0.25, 0.3) is 0 Å². The number of nitrogens with one attached hydrogen (secondary N) is 1. The monoisotopic (exact) mass is 420 g/mol. The third kappa shape index (κ3) is 4.49. The molecule has 0 aromatic carbocycles. The van der Waals surface area contributed by atoms with Crippen LogP contribution >= 0.6 is 11.3 Å². The van der Waals surface area contributed by atoms with Crippen LogP contribution in [0.15, 0.2) is 0 Å². The number of carboxylic acids is 1. The van der Waals surface area contributed by atoms with Crippen molar-refractivity contribution in [2.75, 3.05) is 12.4 Å². The number of hydrogen-bond acceptors (Lipinski definition) is 6. The maximum absolute atomic E-state index is 12.9. The van der Waals surface area contributed by atoms with E-state index in [2.05, 4.69) is 26.1 Å². The Morgan fingerprint density at radius 1 is 1.10 bits per heavy atom. The second-order valence-electron chi connectivity index (χ2n) is 9.31. The lowest BCUT2D eigenvalue weighted by molar-refractivity contribution is -0.313. The number of carboxylic acid groups (broad SMARTS) is 1. The number of carbonyl (C=O) groups excluding carboxylic acids is 3. The molecule has 1 N–H and O–H groups in total. The minimum absolute atomic E-state index is 0.167. The maximum Gasteiger partial charge on any atom is 0.341 e. The number of aliphatic carboxylic acids is 1. The summed E-state index contributed by atoms with van der Waals surface area (Å²) < 4.78 is 4.99. The van der Waals surface area contributed by atoms with Gasteiger partial charge in [-0.1, -0.05) is 33.6 Å². The van der Waals surface area contributed by atoms with Crippen molar-refractivity contribution in [2.45, 2.75) is 65.7 Å². The van der Waals surface area contributed by atoms with Crippen molar-refractivity contribution in [3.8, 4) is 0 Å². The number of anilines is 1. The first kappa shape index (κ1) is 21.8. The molecule has 0 radical (unpaired) electrons. The van der Waals surface area contributed by atoms with Crippen LogP contribution in [0.2, 0.25) is 0 Å². The fourth-order valence-electron chi connectivity index (χ4n) is 4.66. The van der Waals surface area contributed by atoms with Crippen LogP contribution in [0.3, 0.4) is 0 Å². The van der Waals surface area contributed by atoms with Crippen molar-refractivity contribution in [2.24, 2.45) is 23.2 Å². The summed E-state index contributed by atoms with van der Waals surface area (Å²) in [7, 11) is 1.34. The number of hydrogen-bond donors (Lipinski definition) is 1. The summed E-state index contributed by atoms with van der Waals surface area (Å²) in [6, 6.07) is 0. The second-order valence-corrected chi connectivity index (χ2v) is 10.4. The molecule has 29 heavy (non-hydrogen) atoms. The lowest BCUT2D eigenvalue weighted by Crippen LogP contribution is -2.42. The molecular weight excluding hydrogens is 390 g/mol. The Hall–Kier alpha value is -1.89. The first-order valence-electron chi connectivity index (χ1n) is 10.4. The Labute approximate surface area is 176 Å². The highest BCUT2D eigenvalue weighted by molar-refractivity contribution is 7.17.